The van der Waals surface area contributed by atoms with Crippen molar-refractivity contribution in [2.45, 2.75) is 13.8 Å². The van der Waals surface area contributed by atoms with Crippen LogP contribution in [0.4, 0.5) is 11.4 Å². The fourth-order valence-electron chi connectivity index (χ4n) is 1.30. The molecule has 0 aliphatic carbocycles. The molecule has 0 radical (unpaired) electrons. The normalized spacial score (nSPS) is 10.1. The molecule has 0 atom stereocenters. The van der Waals surface area contributed by atoms with E-state index in [0.717, 1.165) is 0 Å². The molecule has 1 aromatic rings. The van der Waals surface area contributed by atoms with Crippen LogP contribution in [-0.2, 0) is 9.59 Å². The van der Waals surface area contributed by atoms with Crippen LogP contribution in [-0.4, -0.2) is 23.3 Å². The molecule has 102 valence electrons. The highest BCUT2D eigenvalue weighted by Gasteiger charge is 2.15. The summed E-state index contributed by atoms with van der Waals surface area (Å²) in [4.78, 5) is 33.0. The van der Waals surface area contributed by atoms with Crippen molar-refractivity contribution < 1.29 is 14.5 Å². The number of hydrogen-bond acceptors (Lipinski definition) is 4. The zero-order chi connectivity index (χ0) is 14.4. The summed E-state index contributed by atoms with van der Waals surface area (Å²) < 4.78 is 0. The maximum atomic E-state index is 11.6. The van der Waals surface area contributed by atoms with Crippen LogP contribution in [0.15, 0.2) is 24.3 Å². The Balaban J connectivity index is 2.63. The van der Waals surface area contributed by atoms with Crippen molar-refractivity contribution in [1.29, 1.82) is 0 Å². The summed E-state index contributed by atoms with van der Waals surface area (Å²) in [7, 11) is 0. The number of nitrogens with one attached hydrogen (secondary N) is 2. The first-order chi connectivity index (χ1) is 8.91. The fraction of sp³-hybridized carbons (Fsp3) is 0.333. The summed E-state index contributed by atoms with van der Waals surface area (Å²) >= 11 is 0. The predicted molar refractivity (Wildman–Crippen MR) is 69.6 cm³/mol. The van der Waals surface area contributed by atoms with Crippen molar-refractivity contribution in [2.75, 3.05) is 11.9 Å². The largest absolute Gasteiger partial charge is 0.347 e. The Morgan fingerprint density at radius 1 is 1.32 bits per heavy atom. The van der Waals surface area contributed by atoms with E-state index in [1.54, 1.807) is 19.9 Å². The summed E-state index contributed by atoms with van der Waals surface area (Å²) in [5, 5.41) is 15.6. The number of anilines is 1. The van der Waals surface area contributed by atoms with Gasteiger partial charge < -0.3 is 10.6 Å². The van der Waals surface area contributed by atoms with E-state index in [4.69, 9.17) is 0 Å². The molecule has 0 aliphatic rings. The maximum absolute atomic E-state index is 11.6. The number of nitro benzene ring substituents is 1. The average Bonchev–Trinajstić information content (AvgIpc) is 2.36. The minimum absolute atomic E-state index is 0.108. The summed E-state index contributed by atoms with van der Waals surface area (Å²) in [6, 6.07) is 5.81. The third kappa shape index (κ3) is 4.38. The minimum Gasteiger partial charge on any atom is -0.347 e. The number of nitro groups is 1. The van der Waals surface area contributed by atoms with Gasteiger partial charge in [-0.05, 0) is 6.07 Å². The van der Waals surface area contributed by atoms with Crippen molar-refractivity contribution in [3.63, 3.8) is 0 Å². The Labute approximate surface area is 110 Å². The Kier molecular flexibility index (Phi) is 4.99. The van der Waals surface area contributed by atoms with E-state index in [-0.39, 0.29) is 29.7 Å². The molecule has 0 aromatic heterocycles. The van der Waals surface area contributed by atoms with Crippen molar-refractivity contribution >= 4 is 23.2 Å². The Bertz CT molecular complexity index is 500. The van der Waals surface area contributed by atoms with Crippen LogP contribution in [0.2, 0.25) is 0 Å². The van der Waals surface area contributed by atoms with Crippen molar-refractivity contribution in [1.82, 2.24) is 5.32 Å². The Hall–Kier alpha value is -2.44. The topological polar surface area (TPSA) is 101 Å². The predicted octanol–water partition coefficient (Wildman–Crippen LogP) is 1.31. The van der Waals surface area contributed by atoms with Gasteiger partial charge in [-0.25, -0.2) is 0 Å². The van der Waals surface area contributed by atoms with Gasteiger partial charge in [0, 0.05) is 12.0 Å². The second-order valence-electron chi connectivity index (χ2n) is 4.19. The second kappa shape index (κ2) is 6.48. The van der Waals surface area contributed by atoms with Gasteiger partial charge in [0.15, 0.2) is 0 Å². The van der Waals surface area contributed by atoms with Gasteiger partial charge in [-0.2, -0.15) is 0 Å². The molecular weight excluding hydrogens is 250 g/mol. The lowest BCUT2D eigenvalue weighted by Crippen LogP contribution is -2.35. The second-order valence-corrected chi connectivity index (χ2v) is 4.19. The number of amides is 2. The van der Waals surface area contributed by atoms with E-state index in [2.05, 4.69) is 10.6 Å². The standard InChI is InChI=1S/C12H15N3O4/c1-8(2)12(17)13-7-11(16)14-9-5-3-4-6-10(9)15(18)19/h3-6,8H,7H2,1-2H3,(H,13,17)(H,14,16). The van der Waals surface area contributed by atoms with Crippen LogP contribution in [0.5, 0.6) is 0 Å². The summed E-state index contributed by atoms with van der Waals surface area (Å²) in [6.45, 7) is 3.19. The molecule has 1 aromatic carbocycles. The maximum Gasteiger partial charge on any atom is 0.292 e. The molecule has 0 aliphatic heterocycles. The highest BCUT2D eigenvalue weighted by atomic mass is 16.6. The number of nitrogens with zero attached hydrogens (tertiary/aromatic N) is 1. The molecule has 0 fully saturated rings. The quantitative estimate of drug-likeness (QED) is 0.619. The summed E-state index contributed by atoms with van der Waals surface area (Å²) in [5.74, 6) is -0.986. The number of benzene rings is 1. The molecule has 0 heterocycles. The van der Waals surface area contributed by atoms with E-state index in [1.807, 2.05) is 0 Å². The zero-order valence-electron chi connectivity index (χ0n) is 10.7. The molecule has 0 spiro atoms. The van der Waals surface area contributed by atoms with E-state index in [9.17, 15) is 19.7 Å². The highest BCUT2D eigenvalue weighted by Crippen LogP contribution is 2.22. The number of carbonyl (C=O) groups excluding carboxylic acids is 2. The van der Waals surface area contributed by atoms with Gasteiger partial charge in [0.1, 0.15) is 5.69 Å². The summed E-state index contributed by atoms with van der Waals surface area (Å²) in [5.41, 5.74) is -0.0812. The molecule has 1 rings (SSSR count). The van der Waals surface area contributed by atoms with Gasteiger partial charge in [0.05, 0.1) is 11.5 Å². The van der Waals surface area contributed by atoms with Crippen molar-refractivity contribution in [3.8, 4) is 0 Å². The van der Waals surface area contributed by atoms with Crippen LogP contribution >= 0.6 is 0 Å². The molecular formula is C12H15N3O4. The average molecular weight is 265 g/mol. The van der Waals surface area contributed by atoms with Gasteiger partial charge in [0.2, 0.25) is 11.8 Å². The van der Waals surface area contributed by atoms with Crippen LogP contribution in [0, 0.1) is 16.0 Å². The molecule has 0 saturated carbocycles. The van der Waals surface area contributed by atoms with Gasteiger partial charge in [0.25, 0.3) is 5.69 Å². The summed E-state index contributed by atoms with van der Waals surface area (Å²) in [6.07, 6.45) is 0. The number of hydrogen-bond donors (Lipinski definition) is 2. The monoisotopic (exact) mass is 265 g/mol. The molecule has 0 unspecified atom stereocenters. The SMILES string of the molecule is CC(C)C(=O)NCC(=O)Nc1ccccc1[N+](=O)[O-]. The number of para-hydroxylation sites is 2. The minimum atomic E-state index is -0.581. The van der Waals surface area contributed by atoms with Gasteiger partial charge in [-0.3, -0.25) is 19.7 Å². The highest BCUT2D eigenvalue weighted by molar-refractivity contribution is 5.96. The van der Waals surface area contributed by atoms with E-state index in [0.29, 0.717) is 0 Å². The molecule has 0 bridgehead atoms. The van der Waals surface area contributed by atoms with E-state index in [1.165, 1.54) is 18.2 Å². The van der Waals surface area contributed by atoms with E-state index < -0.39 is 10.8 Å². The first-order valence-electron chi connectivity index (χ1n) is 5.72. The number of carbonyl (C=O) groups is 2. The Morgan fingerprint density at radius 2 is 1.95 bits per heavy atom. The fourth-order valence-corrected chi connectivity index (χ4v) is 1.30. The molecule has 7 nitrogen and oxygen atoms in total. The number of rotatable bonds is 5. The first-order valence-corrected chi connectivity index (χ1v) is 5.72. The van der Waals surface area contributed by atoms with Crippen LogP contribution in [0.1, 0.15) is 13.8 Å². The zero-order valence-corrected chi connectivity index (χ0v) is 10.7. The van der Waals surface area contributed by atoms with E-state index >= 15 is 0 Å². The lowest BCUT2D eigenvalue weighted by molar-refractivity contribution is -0.383. The van der Waals surface area contributed by atoms with Crippen molar-refractivity contribution in [2.24, 2.45) is 5.92 Å². The molecule has 19 heavy (non-hydrogen) atoms. The first kappa shape index (κ1) is 14.6. The molecule has 0 saturated heterocycles. The van der Waals surface area contributed by atoms with Crippen molar-refractivity contribution in [3.05, 3.63) is 34.4 Å². The molecule has 2 N–H and O–H groups in total. The van der Waals surface area contributed by atoms with Gasteiger partial charge >= 0.3 is 0 Å². The molecule has 7 heteroatoms. The molecule has 2 amide bonds. The third-order valence-corrected chi connectivity index (χ3v) is 2.32. The lowest BCUT2D eigenvalue weighted by atomic mass is 10.2. The van der Waals surface area contributed by atoms with Crippen LogP contribution < -0.4 is 10.6 Å². The van der Waals surface area contributed by atoms with Gasteiger partial charge in [-0.15, -0.1) is 0 Å². The lowest BCUT2D eigenvalue weighted by Gasteiger charge is -2.08. The smallest absolute Gasteiger partial charge is 0.292 e. The van der Waals surface area contributed by atoms with Gasteiger partial charge in [-0.1, -0.05) is 26.0 Å². The van der Waals surface area contributed by atoms with Crippen LogP contribution in [0.3, 0.4) is 0 Å². The Morgan fingerprint density at radius 3 is 2.53 bits per heavy atom. The van der Waals surface area contributed by atoms with Crippen LogP contribution in [0.25, 0.3) is 0 Å². The third-order valence-electron chi connectivity index (χ3n) is 2.32.